The van der Waals surface area contributed by atoms with Crippen molar-refractivity contribution in [2.24, 2.45) is 0 Å². The molecule has 1 aliphatic rings. The quantitative estimate of drug-likeness (QED) is 0.873. The monoisotopic (exact) mass is 359 g/mol. The molecule has 1 aliphatic heterocycles. The maximum atomic E-state index is 12.3. The van der Waals surface area contributed by atoms with Crippen LogP contribution in [0.25, 0.3) is 0 Å². The molecule has 3 heterocycles. The maximum absolute atomic E-state index is 12.3. The van der Waals surface area contributed by atoms with E-state index < -0.39 is 0 Å². The zero-order valence-corrected chi connectivity index (χ0v) is 15.6. The summed E-state index contributed by atoms with van der Waals surface area (Å²) in [4.78, 5) is 27.8. The second-order valence-electron chi connectivity index (χ2n) is 6.84. The van der Waals surface area contributed by atoms with Gasteiger partial charge in [0.2, 0.25) is 5.91 Å². The number of carbonyl (C=O) groups is 2. The van der Waals surface area contributed by atoms with Gasteiger partial charge in [0, 0.05) is 26.8 Å². The second kappa shape index (κ2) is 7.19. The standard InChI is InChI=1S/C17H25N7O2/c1-12-8-19-24(10-12)13(2)16(25)18-9-14-7-15-11-22(17(26)21(3)4)5-6-23(15)20-14/h7-8,10,13H,5-6,9,11H2,1-4H3,(H,18,25). The Kier molecular flexibility index (Phi) is 4.97. The maximum Gasteiger partial charge on any atom is 0.319 e. The highest BCUT2D eigenvalue weighted by atomic mass is 16.2. The Morgan fingerprint density at radius 3 is 2.77 bits per heavy atom. The van der Waals surface area contributed by atoms with E-state index in [1.807, 2.05) is 30.8 Å². The van der Waals surface area contributed by atoms with Gasteiger partial charge in [0.1, 0.15) is 6.04 Å². The molecule has 0 saturated heterocycles. The van der Waals surface area contributed by atoms with Crippen molar-refractivity contribution < 1.29 is 9.59 Å². The van der Waals surface area contributed by atoms with Crippen LogP contribution in [0.4, 0.5) is 4.79 Å². The van der Waals surface area contributed by atoms with Gasteiger partial charge in [0.05, 0.1) is 37.2 Å². The number of hydrogen-bond donors (Lipinski definition) is 1. The van der Waals surface area contributed by atoms with E-state index in [1.165, 1.54) is 0 Å². The van der Waals surface area contributed by atoms with Crippen LogP contribution in [0.3, 0.4) is 0 Å². The molecular formula is C17H25N7O2. The van der Waals surface area contributed by atoms with Gasteiger partial charge in [0.15, 0.2) is 0 Å². The lowest BCUT2D eigenvalue weighted by Gasteiger charge is -2.29. The molecule has 3 rings (SSSR count). The molecule has 1 unspecified atom stereocenters. The number of aromatic nitrogens is 4. The van der Waals surface area contributed by atoms with E-state index in [2.05, 4.69) is 15.5 Å². The Balaban J connectivity index is 1.59. The number of hydrogen-bond acceptors (Lipinski definition) is 4. The minimum atomic E-state index is -0.380. The zero-order valence-electron chi connectivity index (χ0n) is 15.6. The largest absolute Gasteiger partial charge is 0.349 e. The molecule has 140 valence electrons. The molecule has 9 heteroatoms. The minimum absolute atomic E-state index is 0.00403. The van der Waals surface area contributed by atoms with Crippen molar-refractivity contribution in [3.05, 3.63) is 35.4 Å². The molecule has 2 aromatic heterocycles. The highest BCUT2D eigenvalue weighted by molar-refractivity contribution is 5.79. The Bertz CT molecular complexity index is 808. The zero-order chi connectivity index (χ0) is 18.8. The lowest BCUT2D eigenvalue weighted by Crippen LogP contribution is -2.43. The number of nitrogens with zero attached hydrogens (tertiary/aromatic N) is 6. The summed E-state index contributed by atoms with van der Waals surface area (Å²) in [6.07, 6.45) is 3.57. The fraction of sp³-hybridized carbons (Fsp3) is 0.529. The molecular weight excluding hydrogens is 334 g/mol. The van der Waals surface area contributed by atoms with Crippen molar-refractivity contribution in [1.82, 2.24) is 34.7 Å². The summed E-state index contributed by atoms with van der Waals surface area (Å²) >= 11 is 0. The number of fused-ring (bicyclic) bond motifs is 1. The predicted molar refractivity (Wildman–Crippen MR) is 95.2 cm³/mol. The molecule has 0 radical (unpaired) electrons. The number of amides is 3. The minimum Gasteiger partial charge on any atom is -0.349 e. The predicted octanol–water partition coefficient (Wildman–Crippen LogP) is 0.763. The van der Waals surface area contributed by atoms with E-state index in [0.717, 1.165) is 17.0 Å². The fourth-order valence-electron chi connectivity index (χ4n) is 2.95. The van der Waals surface area contributed by atoms with Crippen molar-refractivity contribution in [3.8, 4) is 0 Å². The summed E-state index contributed by atoms with van der Waals surface area (Å²) in [6.45, 7) is 5.92. The summed E-state index contributed by atoms with van der Waals surface area (Å²) < 4.78 is 3.55. The van der Waals surface area contributed by atoms with Crippen LogP contribution < -0.4 is 5.32 Å². The SMILES string of the molecule is Cc1cnn(C(C)C(=O)NCc2cc3n(n2)CCN(C(=O)N(C)C)C3)c1. The normalized spacial score (nSPS) is 14.7. The molecule has 1 atom stereocenters. The first kappa shape index (κ1) is 18.0. The third-order valence-corrected chi connectivity index (χ3v) is 4.45. The molecule has 0 fully saturated rings. The second-order valence-corrected chi connectivity index (χ2v) is 6.84. The van der Waals surface area contributed by atoms with Crippen LogP contribution in [0.2, 0.25) is 0 Å². The Hall–Kier alpha value is -2.84. The van der Waals surface area contributed by atoms with Gasteiger partial charge in [-0.2, -0.15) is 10.2 Å². The van der Waals surface area contributed by atoms with Crippen LogP contribution in [0.1, 0.15) is 29.9 Å². The molecule has 3 amide bonds. The first-order valence-corrected chi connectivity index (χ1v) is 8.65. The van der Waals surface area contributed by atoms with Gasteiger partial charge in [-0.05, 0) is 25.5 Å². The highest BCUT2D eigenvalue weighted by Gasteiger charge is 2.23. The van der Waals surface area contributed by atoms with Gasteiger partial charge in [-0.1, -0.05) is 0 Å². The molecule has 0 aromatic carbocycles. The lowest BCUT2D eigenvalue weighted by atomic mass is 10.2. The molecule has 0 saturated carbocycles. The van der Waals surface area contributed by atoms with E-state index in [-0.39, 0.29) is 18.0 Å². The number of urea groups is 1. The van der Waals surface area contributed by atoms with E-state index in [0.29, 0.717) is 26.2 Å². The number of rotatable bonds is 4. The van der Waals surface area contributed by atoms with Crippen LogP contribution in [-0.4, -0.2) is 61.9 Å². The number of nitrogens with one attached hydrogen (secondary N) is 1. The average molecular weight is 359 g/mol. The molecule has 0 spiro atoms. The van der Waals surface area contributed by atoms with Gasteiger partial charge >= 0.3 is 6.03 Å². The van der Waals surface area contributed by atoms with Gasteiger partial charge < -0.3 is 15.1 Å². The van der Waals surface area contributed by atoms with Crippen molar-refractivity contribution in [3.63, 3.8) is 0 Å². The molecule has 0 bridgehead atoms. The van der Waals surface area contributed by atoms with Gasteiger partial charge in [-0.25, -0.2) is 4.79 Å². The van der Waals surface area contributed by atoms with Crippen LogP contribution in [0.15, 0.2) is 18.5 Å². The highest BCUT2D eigenvalue weighted by Crippen LogP contribution is 2.15. The third-order valence-electron chi connectivity index (χ3n) is 4.45. The first-order valence-electron chi connectivity index (χ1n) is 8.65. The Morgan fingerprint density at radius 2 is 2.12 bits per heavy atom. The van der Waals surface area contributed by atoms with E-state index >= 15 is 0 Å². The third kappa shape index (κ3) is 3.71. The summed E-state index contributed by atoms with van der Waals surface area (Å²) in [6, 6.07) is 1.56. The number of carbonyl (C=O) groups excluding carboxylic acids is 2. The molecule has 9 nitrogen and oxygen atoms in total. The van der Waals surface area contributed by atoms with E-state index in [4.69, 9.17) is 0 Å². The van der Waals surface area contributed by atoms with Crippen molar-refractivity contribution >= 4 is 11.9 Å². The Morgan fingerprint density at radius 1 is 1.35 bits per heavy atom. The number of aryl methyl sites for hydroxylation is 1. The van der Waals surface area contributed by atoms with Crippen LogP contribution in [0, 0.1) is 6.92 Å². The smallest absolute Gasteiger partial charge is 0.319 e. The topological polar surface area (TPSA) is 88.3 Å². The average Bonchev–Trinajstić information content (AvgIpc) is 3.23. The lowest BCUT2D eigenvalue weighted by molar-refractivity contribution is -0.124. The Labute approximate surface area is 152 Å². The summed E-state index contributed by atoms with van der Waals surface area (Å²) in [7, 11) is 3.49. The van der Waals surface area contributed by atoms with Crippen LogP contribution in [-0.2, 0) is 24.4 Å². The molecule has 2 aromatic rings. The van der Waals surface area contributed by atoms with Gasteiger partial charge in [0.25, 0.3) is 0 Å². The summed E-state index contributed by atoms with van der Waals surface area (Å²) in [5.74, 6) is -0.108. The van der Waals surface area contributed by atoms with Gasteiger partial charge in [-0.15, -0.1) is 0 Å². The van der Waals surface area contributed by atoms with Gasteiger partial charge in [-0.3, -0.25) is 14.2 Å². The van der Waals surface area contributed by atoms with Crippen molar-refractivity contribution in [1.29, 1.82) is 0 Å². The van der Waals surface area contributed by atoms with Crippen molar-refractivity contribution in [2.75, 3.05) is 20.6 Å². The summed E-state index contributed by atoms with van der Waals surface area (Å²) in [5.41, 5.74) is 2.78. The van der Waals surface area contributed by atoms with E-state index in [1.54, 1.807) is 34.8 Å². The molecule has 0 aliphatic carbocycles. The van der Waals surface area contributed by atoms with E-state index in [9.17, 15) is 9.59 Å². The molecule has 1 N–H and O–H groups in total. The van der Waals surface area contributed by atoms with Crippen LogP contribution in [0.5, 0.6) is 0 Å². The summed E-state index contributed by atoms with van der Waals surface area (Å²) in [5, 5.41) is 11.6. The van der Waals surface area contributed by atoms with Crippen LogP contribution >= 0.6 is 0 Å². The fourth-order valence-corrected chi connectivity index (χ4v) is 2.95. The molecule has 26 heavy (non-hydrogen) atoms. The first-order chi connectivity index (χ1) is 12.3. The van der Waals surface area contributed by atoms with Crippen molar-refractivity contribution in [2.45, 2.75) is 39.5 Å².